The lowest BCUT2D eigenvalue weighted by molar-refractivity contribution is 0.365. The van der Waals surface area contributed by atoms with Gasteiger partial charge in [-0.2, -0.15) is 0 Å². The number of anilines is 1. The topological polar surface area (TPSA) is 75.2 Å². The van der Waals surface area contributed by atoms with Crippen LogP contribution in [0.2, 0.25) is 0 Å². The maximum absolute atomic E-state index is 11.7. The summed E-state index contributed by atoms with van der Waals surface area (Å²) in [6.45, 7) is 7.60. The molecule has 1 N–H and O–H groups in total. The number of nitrogens with one attached hydrogen (secondary N) is 1. The van der Waals surface area contributed by atoms with Crippen LogP contribution in [0.25, 0.3) is 11.4 Å². The molecule has 1 aliphatic rings. The minimum atomic E-state index is -3.25. The van der Waals surface area contributed by atoms with Gasteiger partial charge in [0.1, 0.15) is 5.82 Å². The molecule has 2 heterocycles. The molecule has 1 aromatic carbocycles. The quantitative estimate of drug-likeness (QED) is 0.870. The molecule has 3 rings (SSSR count). The zero-order chi connectivity index (χ0) is 18.9. The predicted molar refractivity (Wildman–Crippen MR) is 105 cm³/mol. The molecule has 0 unspecified atom stereocenters. The molecule has 6 nitrogen and oxygen atoms in total. The van der Waals surface area contributed by atoms with Gasteiger partial charge in [-0.1, -0.05) is 44.2 Å². The molecule has 1 aromatic heterocycles. The third-order valence-corrected chi connectivity index (χ3v) is 5.51. The maximum Gasteiger partial charge on any atom is 0.209 e. The Morgan fingerprint density at radius 2 is 1.85 bits per heavy atom. The zero-order valence-corrected chi connectivity index (χ0v) is 16.5. The van der Waals surface area contributed by atoms with Gasteiger partial charge in [0.05, 0.1) is 6.26 Å². The van der Waals surface area contributed by atoms with Crippen molar-refractivity contribution in [3.63, 3.8) is 0 Å². The number of benzene rings is 1. The van der Waals surface area contributed by atoms with Gasteiger partial charge in [0.2, 0.25) is 10.0 Å². The Labute approximate surface area is 155 Å². The van der Waals surface area contributed by atoms with Crippen molar-refractivity contribution >= 4 is 15.8 Å². The number of aromatic nitrogens is 2. The van der Waals surface area contributed by atoms with Crippen LogP contribution < -0.4 is 9.62 Å². The summed E-state index contributed by atoms with van der Waals surface area (Å²) in [7, 11) is -3.25. The molecule has 1 fully saturated rings. The van der Waals surface area contributed by atoms with E-state index in [0.29, 0.717) is 18.3 Å². The third-order valence-electron chi connectivity index (χ3n) is 4.78. The van der Waals surface area contributed by atoms with Crippen molar-refractivity contribution in [3.05, 3.63) is 42.1 Å². The average Bonchev–Trinajstić information content (AvgIpc) is 2.97. The zero-order valence-electron chi connectivity index (χ0n) is 15.7. The van der Waals surface area contributed by atoms with Crippen LogP contribution in [-0.2, 0) is 10.0 Å². The molecule has 0 bridgehead atoms. The molecule has 140 valence electrons. The molecule has 1 saturated heterocycles. The first-order chi connectivity index (χ1) is 12.2. The van der Waals surface area contributed by atoms with Crippen molar-refractivity contribution in [2.75, 3.05) is 24.2 Å². The second kappa shape index (κ2) is 7.32. The summed E-state index contributed by atoms with van der Waals surface area (Å²) in [5, 5.41) is 0. The van der Waals surface area contributed by atoms with Crippen LogP contribution in [0.4, 0.5) is 5.82 Å². The van der Waals surface area contributed by atoms with E-state index < -0.39 is 10.0 Å². The summed E-state index contributed by atoms with van der Waals surface area (Å²) in [6.07, 6.45) is 1.22. The van der Waals surface area contributed by atoms with Gasteiger partial charge < -0.3 is 4.90 Å². The van der Waals surface area contributed by atoms with Gasteiger partial charge in [0.15, 0.2) is 5.82 Å². The highest BCUT2D eigenvalue weighted by atomic mass is 32.2. The van der Waals surface area contributed by atoms with Crippen molar-refractivity contribution in [1.82, 2.24) is 14.7 Å². The largest absolute Gasteiger partial charge is 0.355 e. The van der Waals surface area contributed by atoms with E-state index in [-0.39, 0.29) is 12.0 Å². The molecule has 0 radical (unpaired) electrons. The number of hydrogen-bond donors (Lipinski definition) is 1. The normalized spacial score (nSPS) is 20.7. The Bertz CT molecular complexity index is 868. The van der Waals surface area contributed by atoms with E-state index >= 15 is 0 Å². The SMILES string of the molecule is Cc1cc(N2C[C@H](NS(C)(=O)=O)[C@@H](C(C)C)C2)nc(-c2ccccc2)n1. The molecule has 2 atom stereocenters. The Morgan fingerprint density at radius 3 is 2.46 bits per heavy atom. The lowest BCUT2D eigenvalue weighted by atomic mass is 9.92. The molecule has 0 spiro atoms. The highest BCUT2D eigenvalue weighted by molar-refractivity contribution is 7.88. The number of nitrogens with zero attached hydrogens (tertiary/aromatic N) is 3. The molecule has 0 aliphatic carbocycles. The lowest BCUT2D eigenvalue weighted by Gasteiger charge is -2.21. The minimum Gasteiger partial charge on any atom is -0.355 e. The number of hydrogen-bond acceptors (Lipinski definition) is 5. The molecule has 26 heavy (non-hydrogen) atoms. The van der Waals surface area contributed by atoms with Crippen LogP contribution in [0.15, 0.2) is 36.4 Å². The van der Waals surface area contributed by atoms with Crippen LogP contribution in [-0.4, -0.2) is 43.8 Å². The van der Waals surface area contributed by atoms with E-state index in [4.69, 9.17) is 4.98 Å². The standard InChI is InChI=1S/C19H26N4O2S/c1-13(2)16-11-23(12-17(16)22-26(4,24)25)18-10-14(3)20-19(21-18)15-8-6-5-7-9-15/h5-10,13,16-17,22H,11-12H2,1-4H3/t16-,17+/m1/s1. The van der Waals surface area contributed by atoms with Crippen LogP contribution in [0, 0.1) is 18.8 Å². The van der Waals surface area contributed by atoms with E-state index in [1.54, 1.807) is 0 Å². The smallest absolute Gasteiger partial charge is 0.209 e. The van der Waals surface area contributed by atoms with Crippen molar-refractivity contribution in [2.24, 2.45) is 11.8 Å². The Hall–Kier alpha value is -1.99. The van der Waals surface area contributed by atoms with Gasteiger partial charge in [-0.25, -0.2) is 23.1 Å². The molecular weight excluding hydrogens is 348 g/mol. The number of sulfonamides is 1. The van der Waals surface area contributed by atoms with Crippen LogP contribution >= 0.6 is 0 Å². The van der Waals surface area contributed by atoms with Gasteiger partial charge in [-0.3, -0.25) is 0 Å². The van der Waals surface area contributed by atoms with E-state index in [1.165, 1.54) is 6.26 Å². The van der Waals surface area contributed by atoms with Crippen molar-refractivity contribution in [3.8, 4) is 11.4 Å². The van der Waals surface area contributed by atoms with Crippen molar-refractivity contribution < 1.29 is 8.42 Å². The molecule has 7 heteroatoms. The number of rotatable bonds is 5. The maximum atomic E-state index is 11.7. The molecule has 0 saturated carbocycles. The summed E-state index contributed by atoms with van der Waals surface area (Å²) < 4.78 is 26.3. The minimum absolute atomic E-state index is 0.111. The fourth-order valence-corrected chi connectivity index (χ4v) is 4.32. The first-order valence-electron chi connectivity index (χ1n) is 8.86. The van der Waals surface area contributed by atoms with Crippen LogP contribution in [0.5, 0.6) is 0 Å². The average molecular weight is 375 g/mol. The summed E-state index contributed by atoms with van der Waals surface area (Å²) in [5.74, 6) is 2.15. The fourth-order valence-electron chi connectivity index (χ4n) is 3.52. The third kappa shape index (κ3) is 4.40. The van der Waals surface area contributed by atoms with E-state index in [2.05, 4.69) is 28.5 Å². The monoisotopic (exact) mass is 374 g/mol. The Balaban J connectivity index is 1.90. The second-order valence-electron chi connectivity index (χ2n) is 7.37. The molecular formula is C19H26N4O2S. The van der Waals surface area contributed by atoms with Gasteiger partial charge in [-0.15, -0.1) is 0 Å². The van der Waals surface area contributed by atoms with E-state index in [1.807, 2.05) is 43.3 Å². The fraction of sp³-hybridized carbons (Fsp3) is 0.474. The summed E-state index contributed by atoms with van der Waals surface area (Å²) in [6, 6.07) is 11.7. The summed E-state index contributed by atoms with van der Waals surface area (Å²) in [5.41, 5.74) is 1.87. The highest BCUT2D eigenvalue weighted by Gasteiger charge is 2.37. The first-order valence-corrected chi connectivity index (χ1v) is 10.8. The first kappa shape index (κ1) is 18.8. The Morgan fingerprint density at radius 1 is 1.15 bits per heavy atom. The molecule has 0 amide bonds. The summed E-state index contributed by atoms with van der Waals surface area (Å²) >= 11 is 0. The van der Waals surface area contributed by atoms with E-state index in [0.717, 1.165) is 23.6 Å². The molecule has 2 aromatic rings. The molecule has 1 aliphatic heterocycles. The van der Waals surface area contributed by atoms with E-state index in [9.17, 15) is 8.42 Å². The van der Waals surface area contributed by atoms with Crippen LogP contribution in [0.1, 0.15) is 19.5 Å². The van der Waals surface area contributed by atoms with Gasteiger partial charge in [-0.05, 0) is 18.8 Å². The van der Waals surface area contributed by atoms with Crippen LogP contribution in [0.3, 0.4) is 0 Å². The predicted octanol–water partition coefficient (Wildman–Crippen LogP) is 2.46. The second-order valence-corrected chi connectivity index (χ2v) is 9.15. The van der Waals surface area contributed by atoms with Crippen molar-refractivity contribution in [1.29, 1.82) is 0 Å². The van der Waals surface area contributed by atoms with Gasteiger partial charge >= 0.3 is 0 Å². The number of aryl methyl sites for hydroxylation is 1. The van der Waals surface area contributed by atoms with Gasteiger partial charge in [0, 0.05) is 36.5 Å². The summed E-state index contributed by atoms with van der Waals surface area (Å²) in [4.78, 5) is 11.5. The van der Waals surface area contributed by atoms with Gasteiger partial charge in [0.25, 0.3) is 0 Å². The Kier molecular flexibility index (Phi) is 5.29. The lowest BCUT2D eigenvalue weighted by Crippen LogP contribution is -2.41. The van der Waals surface area contributed by atoms with Crippen molar-refractivity contribution in [2.45, 2.75) is 26.8 Å². The highest BCUT2D eigenvalue weighted by Crippen LogP contribution is 2.29.